The smallest absolute Gasteiger partial charge is 0.306 e. The van der Waals surface area contributed by atoms with Gasteiger partial charge in [-0.3, -0.25) is 19.7 Å². The Labute approximate surface area is 119 Å². The Hall–Kier alpha value is -2.15. The van der Waals surface area contributed by atoms with Gasteiger partial charge in [-0.15, -0.1) is 0 Å². The molecule has 0 aliphatic heterocycles. The molecular weight excluding hydrogens is 288 g/mol. The second-order valence-electron chi connectivity index (χ2n) is 4.18. The maximum absolute atomic E-state index is 11.8. The van der Waals surface area contributed by atoms with Crippen molar-refractivity contribution in [3.63, 3.8) is 0 Å². The summed E-state index contributed by atoms with van der Waals surface area (Å²) in [5, 5.41) is 21.6. The Bertz CT molecular complexity index is 547. The Morgan fingerprint density at radius 2 is 2.15 bits per heavy atom. The zero-order chi connectivity index (χ0) is 15.3. The van der Waals surface area contributed by atoms with Gasteiger partial charge in [-0.2, -0.15) is 0 Å². The molecule has 0 heterocycles. The molecule has 0 fully saturated rings. The van der Waals surface area contributed by atoms with E-state index in [0.717, 1.165) is 0 Å². The summed E-state index contributed by atoms with van der Waals surface area (Å²) in [5.41, 5.74) is -0.359. The molecule has 0 bridgehead atoms. The first-order valence-corrected chi connectivity index (χ1v) is 6.16. The van der Waals surface area contributed by atoms with E-state index in [-0.39, 0.29) is 29.2 Å². The zero-order valence-corrected chi connectivity index (χ0v) is 11.4. The van der Waals surface area contributed by atoms with E-state index >= 15 is 0 Å². The third-order valence-electron chi connectivity index (χ3n) is 2.70. The van der Waals surface area contributed by atoms with Crippen molar-refractivity contribution in [2.24, 2.45) is 5.92 Å². The van der Waals surface area contributed by atoms with Crippen molar-refractivity contribution in [1.82, 2.24) is 5.32 Å². The maximum atomic E-state index is 11.8. The van der Waals surface area contributed by atoms with Gasteiger partial charge in [-0.1, -0.05) is 24.6 Å². The van der Waals surface area contributed by atoms with Crippen LogP contribution in [0.15, 0.2) is 18.2 Å². The number of nitro groups is 1. The van der Waals surface area contributed by atoms with E-state index in [1.165, 1.54) is 25.1 Å². The summed E-state index contributed by atoms with van der Waals surface area (Å²) < 4.78 is 0. The average Bonchev–Trinajstić information content (AvgIpc) is 2.38. The van der Waals surface area contributed by atoms with E-state index in [0.29, 0.717) is 0 Å². The number of nitro benzene ring substituents is 1. The minimum atomic E-state index is -0.951. The molecule has 0 spiro atoms. The molecule has 20 heavy (non-hydrogen) atoms. The van der Waals surface area contributed by atoms with E-state index in [1.54, 1.807) is 0 Å². The highest BCUT2D eigenvalue weighted by atomic mass is 35.5. The van der Waals surface area contributed by atoms with E-state index in [9.17, 15) is 19.7 Å². The highest BCUT2D eigenvalue weighted by molar-refractivity contribution is 6.35. The van der Waals surface area contributed by atoms with Crippen LogP contribution in [0.5, 0.6) is 0 Å². The molecule has 1 aromatic rings. The topological polar surface area (TPSA) is 110 Å². The number of carboxylic acid groups (broad SMARTS) is 1. The van der Waals surface area contributed by atoms with Crippen molar-refractivity contribution in [3.8, 4) is 0 Å². The van der Waals surface area contributed by atoms with E-state index in [1.807, 2.05) is 0 Å². The molecule has 0 radical (unpaired) electrons. The van der Waals surface area contributed by atoms with Gasteiger partial charge < -0.3 is 10.4 Å². The van der Waals surface area contributed by atoms with Crippen molar-refractivity contribution in [2.75, 3.05) is 6.54 Å². The highest BCUT2D eigenvalue weighted by Crippen LogP contribution is 2.27. The maximum Gasteiger partial charge on any atom is 0.306 e. The van der Waals surface area contributed by atoms with E-state index in [2.05, 4.69) is 5.32 Å². The number of hydrogen-bond donors (Lipinski definition) is 2. The number of carbonyl (C=O) groups excluding carboxylic acids is 1. The molecule has 1 atom stereocenters. The van der Waals surface area contributed by atoms with Crippen LogP contribution >= 0.6 is 11.6 Å². The molecule has 0 aliphatic carbocycles. The molecule has 1 aromatic carbocycles. The Balaban J connectivity index is 2.71. The standard InChI is InChI=1S/C12H13ClN2O5/c1-7(12(17)18)5-6-14-11(16)8-3-2-4-9(10(8)13)15(19)20/h2-4,7H,5-6H2,1H3,(H,14,16)(H,17,18). The van der Waals surface area contributed by atoms with Gasteiger partial charge in [0.05, 0.1) is 16.4 Å². The Morgan fingerprint density at radius 3 is 2.70 bits per heavy atom. The summed E-state index contributed by atoms with van der Waals surface area (Å²) in [4.78, 5) is 32.5. The number of nitrogens with one attached hydrogen (secondary N) is 1. The largest absolute Gasteiger partial charge is 0.481 e. The molecule has 1 rings (SSSR count). The van der Waals surface area contributed by atoms with Crippen molar-refractivity contribution in [3.05, 3.63) is 38.9 Å². The summed E-state index contributed by atoms with van der Waals surface area (Å²) in [5.74, 6) is -2.11. The fourth-order valence-corrected chi connectivity index (χ4v) is 1.74. The third kappa shape index (κ3) is 3.92. The number of carboxylic acids is 1. The second kappa shape index (κ2) is 6.85. The number of nitrogens with zero attached hydrogens (tertiary/aromatic N) is 1. The summed E-state index contributed by atoms with van der Waals surface area (Å²) in [6, 6.07) is 3.93. The lowest BCUT2D eigenvalue weighted by Gasteiger charge is -2.08. The van der Waals surface area contributed by atoms with E-state index in [4.69, 9.17) is 16.7 Å². The lowest BCUT2D eigenvalue weighted by molar-refractivity contribution is -0.384. The first kappa shape index (κ1) is 15.9. The van der Waals surface area contributed by atoms with Crippen LogP contribution in [0.4, 0.5) is 5.69 Å². The van der Waals surface area contributed by atoms with Crippen LogP contribution in [0.25, 0.3) is 0 Å². The van der Waals surface area contributed by atoms with Crippen molar-refractivity contribution in [1.29, 1.82) is 0 Å². The molecule has 0 aromatic heterocycles. The quantitative estimate of drug-likeness (QED) is 0.617. The number of carbonyl (C=O) groups is 2. The van der Waals surface area contributed by atoms with Gasteiger partial charge in [0.15, 0.2) is 0 Å². The molecule has 0 saturated carbocycles. The first-order valence-electron chi connectivity index (χ1n) is 5.78. The number of hydrogen-bond acceptors (Lipinski definition) is 4. The number of halogens is 1. The fourth-order valence-electron chi connectivity index (χ4n) is 1.46. The summed E-state index contributed by atoms with van der Waals surface area (Å²) >= 11 is 5.79. The molecule has 2 N–H and O–H groups in total. The van der Waals surface area contributed by atoms with Crippen LogP contribution in [0, 0.1) is 16.0 Å². The molecule has 7 nitrogen and oxygen atoms in total. The minimum absolute atomic E-state index is 0.0103. The molecule has 0 saturated heterocycles. The molecule has 108 valence electrons. The van der Waals surface area contributed by atoms with Gasteiger partial charge >= 0.3 is 5.97 Å². The van der Waals surface area contributed by atoms with Crippen LogP contribution in [-0.4, -0.2) is 28.5 Å². The lowest BCUT2D eigenvalue weighted by Crippen LogP contribution is -2.27. The lowest BCUT2D eigenvalue weighted by atomic mass is 10.1. The predicted molar refractivity (Wildman–Crippen MR) is 71.9 cm³/mol. The van der Waals surface area contributed by atoms with Gasteiger partial charge in [0.2, 0.25) is 0 Å². The number of benzene rings is 1. The first-order chi connectivity index (χ1) is 9.34. The number of aliphatic carboxylic acids is 1. The van der Waals surface area contributed by atoms with Crippen molar-refractivity contribution >= 4 is 29.2 Å². The monoisotopic (exact) mass is 300 g/mol. The van der Waals surface area contributed by atoms with Gasteiger partial charge in [0.25, 0.3) is 11.6 Å². The van der Waals surface area contributed by atoms with Gasteiger partial charge in [-0.25, -0.2) is 0 Å². The fraction of sp³-hybridized carbons (Fsp3) is 0.333. The minimum Gasteiger partial charge on any atom is -0.481 e. The van der Waals surface area contributed by atoms with Crippen LogP contribution in [-0.2, 0) is 4.79 Å². The Morgan fingerprint density at radius 1 is 1.50 bits per heavy atom. The number of amides is 1. The average molecular weight is 301 g/mol. The van der Waals surface area contributed by atoms with Crippen LogP contribution in [0.1, 0.15) is 23.7 Å². The van der Waals surface area contributed by atoms with E-state index < -0.39 is 22.7 Å². The second-order valence-corrected chi connectivity index (χ2v) is 4.56. The highest BCUT2D eigenvalue weighted by Gasteiger charge is 2.20. The van der Waals surface area contributed by atoms with Gasteiger partial charge in [-0.05, 0) is 12.5 Å². The molecule has 8 heteroatoms. The Kier molecular flexibility index (Phi) is 5.45. The van der Waals surface area contributed by atoms with Crippen LogP contribution in [0.3, 0.4) is 0 Å². The number of rotatable bonds is 6. The molecule has 1 unspecified atom stereocenters. The molecule has 1 amide bonds. The summed E-state index contributed by atoms with van der Waals surface area (Å²) in [6.45, 7) is 1.67. The third-order valence-corrected chi connectivity index (χ3v) is 3.10. The normalized spacial score (nSPS) is 11.7. The molecular formula is C12H13ClN2O5. The van der Waals surface area contributed by atoms with Crippen molar-refractivity contribution in [2.45, 2.75) is 13.3 Å². The zero-order valence-electron chi connectivity index (χ0n) is 10.6. The van der Waals surface area contributed by atoms with Crippen molar-refractivity contribution < 1.29 is 19.6 Å². The van der Waals surface area contributed by atoms with Crippen LogP contribution in [0.2, 0.25) is 5.02 Å². The van der Waals surface area contributed by atoms with Crippen LogP contribution < -0.4 is 5.32 Å². The van der Waals surface area contributed by atoms with Gasteiger partial charge in [0, 0.05) is 12.6 Å². The SMILES string of the molecule is CC(CCNC(=O)c1cccc([N+](=O)[O-])c1Cl)C(=O)O. The molecule has 0 aliphatic rings. The van der Waals surface area contributed by atoms with Gasteiger partial charge in [0.1, 0.15) is 5.02 Å². The summed E-state index contributed by atoms with van der Waals surface area (Å²) in [7, 11) is 0. The predicted octanol–water partition coefficient (Wildman–Crippen LogP) is 2.09. The summed E-state index contributed by atoms with van der Waals surface area (Å²) in [6.07, 6.45) is 0.258.